The zero-order valence-corrected chi connectivity index (χ0v) is 18.1. The second-order valence-electron chi connectivity index (χ2n) is 8.21. The minimum atomic E-state index is -0.630. The summed E-state index contributed by atoms with van der Waals surface area (Å²) in [5.74, 6) is 0. The molecule has 150 valence electrons. The second kappa shape index (κ2) is 11.0. The molecule has 0 unspecified atom stereocenters. The van der Waals surface area contributed by atoms with E-state index in [2.05, 4.69) is 45.9 Å². The number of rotatable bonds is 7. The monoisotopic (exact) mass is 372 g/mol. The first kappa shape index (κ1) is 23.0. The summed E-state index contributed by atoms with van der Waals surface area (Å²) in [6, 6.07) is 0. The summed E-state index contributed by atoms with van der Waals surface area (Å²) in [4.78, 5) is 11.3. The Morgan fingerprint density at radius 2 is 1.89 bits per heavy atom. The van der Waals surface area contributed by atoms with E-state index in [-0.39, 0.29) is 18.1 Å². The maximum absolute atomic E-state index is 11.3. The van der Waals surface area contributed by atoms with Gasteiger partial charge in [-0.15, -0.1) is 0 Å². The summed E-state index contributed by atoms with van der Waals surface area (Å²) < 4.78 is 9.90. The van der Waals surface area contributed by atoms with Gasteiger partial charge in [-0.1, -0.05) is 60.9 Å². The molecule has 0 saturated carbocycles. The molecule has 0 aromatic heterocycles. The summed E-state index contributed by atoms with van der Waals surface area (Å²) >= 11 is 0. The number of allylic oxidation sites excluding steroid dienone is 9. The maximum Gasteiger partial charge on any atom is 0.508 e. The van der Waals surface area contributed by atoms with E-state index in [9.17, 15) is 4.79 Å². The second-order valence-corrected chi connectivity index (χ2v) is 8.21. The molecule has 0 heterocycles. The molecule has 27 heavy (non-hydrogen) atoms. The molecule has 3 nitrogen and oxygen atoms in total. The highest BCUT2D eigenvalue weighted by Gasteiger charge is 2.26. The zero-order valence-electron chi connectivity index (χ0n) is 18.1. The van der Waals surface area contributed by atoms with Gasteiger partial charge in [0.25, 0.3) is 0 Å². The van der Waals surface area contributed by atoms with Crippen LogP contribution in [0.2, 0.25) is 0 Å². The summed E-state index contributed by atoms with van der Waals surface area (Å²) in [5, 5.41) is 0. The smallest absolute Gasteiger partial charge is 0.432 e. The molecule has 1 aliphatic rings. The maximum atomic E-state index is 11.3. The van der Waals surface area contributed by atoms with Gasteiger partial charge in [0.05, 0.1) is 6.10 Å². The Morgan fingerprint density at radius 1 is 1.19 bits per heavy atom. The van der Waals surface area contributed by atoms with Crippen molar-refractivity contribution in [1.29, 1.82) is 0 Å². The van der Waals surface area contributed by atoms with Gasteiger partial charge in [-0.05, 0) is 70.9 Å². The first-order chi connectivity index (χ1) is 12.6. The first-order valence-corrected chi connectivity index (χ1v) is 9.85. The lowest BCUT2D eigenvalue weighted by Gasteiger charge is -2.32. The average molecular weight is 373 g/mol. The van der Waals surface area contributed by atoms with E-state index in [0.29, 0.717) is 0 Å². The Bertz CT molecular complexity index is 655. The summed E-state index contributed by atoms with van der Waals surface area (Å²) in [7, 11) is 0. The van der Waals surface area contributed by atoms with Crippen LogP contribution in [0, 0.1) is 5.41 Å². The fourth-order valence-electron chi connectivity index (χ4n) is 3.17. The molecule has 3 heteroatoms. The van der Waals surface area contributed by atoms with E-state index in [1.807, 2.05) is 25.2 Å². The van der Waals surface area contributed by atoms with Crippen molar-refractivity contribution in [1.82, 2.24) is 0 Å². The van der Waals surface area contributed by atoms with Gasteiger partial charge in [-0.2, -0.15) is 0 Å². The van der Waals surface area contributed by atoms with Crippen molar-refractivity contribution in [2.75, 3.05) is 6.61 Å². The van der Waals surface area contributed by atoms with Crippen LogP contribution >= 0.6 is 0 Å². The molecule has 0 aromatic rings. The van der Waals surface area contributed by atoms with Gasteiger partial charge >= 0.3 is 6.16 Å². The van der Waals surface area contributed by atoms with Crippen molar-refractivity contribution in [2.24, 2.45) is 5.41 Å². The molecule has 0 fully saturated rings. The largest absolute Gasteiger partial charge is 0.508 e. The van der Waals surface area contributed by atoms with Gasteiger partial charge in [0.2, 0.25) is 0 Å². The zero-order chi connectivity index (χ0) is 20.4. The number of hydrogen-bond donors (Lipinski definition) is 0. The van der Waals surface area contributed by atoms with Crippen molar-refractivity contribution in [3.8, 4) is 0 Å². The normalized spacial score (nSPS) is 18.7. The number of carbonyl (C=O) groups is 1. The first-order valence-electron chi connectivity index (χ1n) is 9.85. The lowest BCUT2D eigenvalue weighted by molar-refractivity contribution is 0.0413. The van der Waals surface area contributed by atoms with E-state index in [0.717, 1.165) is 5.57 Å². The molecule has 0 aliphatic heterocycles. The Kier molecular flexibility index (Phi) is 9.34. The van der Waals surface area contributed by atoms with Gasteiger partial charge in [0, 0.05) is 0 Å². The van der Waals surface area contributed by atoms with Crippen molar-refractivity contribution >= 4 is 6.16 Å². The molecule has 0 saturated heterocycles. The molecular weight excluding hydrogens is 336 g/mol. The standard InChI is InChI=1S/C24H36O3/c1-18(2)27-23(25)26-17-15-20(4)11-8-10-19(3)13-14-22-21(5)12-9-16-24(22,6)7/h8,10-11,13-15,18H,9,12,16-17H2,1-7H3/b11-8+,14-13+,19-10+,20-15+. The van der Waals surface area contributed by atoms with Gasteiger partial charge in [0.1, 0.15) is 6.61 Å². The molecule has 1 rings (SSSR count). The summed E-state index contributed by atoms with van der Waals surface area (Å²) in [6.07, 6.45) is 15.4. The molecule has 0 atom stereocenters. The third-order valence-electron chi connectivity index (χ3n) is 4.71. The van der Waals surface area contributed by atoms with Gasteiger partial charge in [-0.3, -0.25) is 0 Å². The average Bonchev–Trinajstić information content (AvgIpc) is 2.53. The molecule has 1 aliphatic carbocycles. The van der Waals surface area contributed by atoms with Gasteiger partial charge < -0.3 is 9.47 Å². The Balaban J connectivity index is 2.57. The molecule has 0 N–H and O–H groups in total. The molecule has 0 spiro atoms. The lowest BCUT2D eigenvalue weighted by atomic mass is 9.72. The Labute approximate surface area is 165 Å². The van der Waals surface area contributed by atoms with Crippen LogP contribution in [0.15, 0.2) is 58.7 Å². The van der Waals surface area contributed by atoms with Crippen LogP contribution in [0.5, 0.6) is 0 Å². The minimum Gasteiger partial charge on any atom is -0.432 e. The molecule has 0 amide bonds. The van der Waals surface area contributed by atoms with Gasteiger partial charge in [-0.25, -0.2) is 4.79 Å². The highest BCUT2D eigenvalue weighted by Crippen LogP contribution is 2.40. The van der Waals surface area contributed by atoms with E-state index in [4.69, 9.17) is 9.47 Å². The fraction of sp³-hybridized carbons (Fsp3) is 0.542. The van der Waals surface area contributed by atoms with Crippen molar-refractivity contribution < 1.29 is 14.3 Å². The SMILES string of the molecule is CC1=C(/C=C/C(C)=C/C=C/C(C)=C/COC(=O)OC(C)C)C(C)(C)CCC1. The summed E-state index contributed by atoms with van der Waals surface area (Å²) in [6.45, 7) is 14.8. The molecule has 0 radical (unpaired) electrons. The van der Waals surface area contributed by atoms with E-state index < -0.39 is 6.16 Å². The lowest BCUT2D eigenvalue weighted by Crippen LogP contribution is -2.19. The van der Waals surface area contributed by atoms with E-state index in [1.165, 1.54) is 36.0 Å². The van der Waals surface area contributed by atoms with Crippen LogP contribution in [0.25, 0.3) is 0 Å². The third kappa shape index (κ3) is 8.94. The number of carbonyl (C=O) groups excluding carboxylic acids is 1. The van der Waals surface area contributed by atoms with E-state index in [1.54, 1.807) is 13.8 Å². The van der Waals surface area contributed by atoms with Crippen LogP contribution in [0.3, 0.4) is 0 Å². The van der Waals surface area contributed by atoms with Crippen LogP contribution in [0.4, 0.5) is 4.79 Å². The quantitative estimate of drug-likeness (QED) is 0.354. The molecule has 0 bridgehead atoms. The minimum absolute atomic E-state index is 0.164. The topological polar surface area (TPSA) is 35.5 Å². The van der Waals surface area contributed by atoms with Crippen molar-refractivity contribution in [2.45, 2.75) is 73.8 Å². The van der Waals surface area contributed by atoms with Crippen LogP contribution < -0.4 is 0 Å². The van der Waals surface area contributed by atoms with Gasteiger partial charge in [0.15, 0.2) is 0 Å². The Morgan fingerprint density at radius 3 is 2.52 bits per heavy atom. The van der Waals surface area contributed by atoms with Crippen molar-refractivity contribution in [3.63, 3.8) is 0 Å². The van der Waals surface area contributed by atoms with Crippen LogP contribution in [-0.4, -0.2) is 18.9 Å². The highest BCUT2D eigenvalue weighted by molar-refractivity contribution is 5.60. The number of hydrogen-bond acceptors (Lipinski definition) is 3. The van der Waals surface area contributed by atoms with Crippen LogP contribution in [-0.2, 0) is 9.47 Å². The van der Waals surface area contributed by atoms with Crippen LogP contribution in [0.1, 0.15) is 67.7 Å². The van der Waals surface area contributed by atoms with Crippen molar-refractivity contribution in [3.05, 3.63) is 58.7 Å². The fourth-order valence-corrected chi connectivity index (χ4v) is 3.17. The highest BCUT2D eigenvalue weighted by atomic mass is 16.7. The third-order valence-corrected chi connectivity index (χ3v) is 4.71. The Hall–Kier alpha value is -2.03. The predicted molar refractivity (Wildman–Crippen MR) is 114 cm³/mol. The molecule has 0 aromatic carbocycles. The number of ether oxygens (including phenoxy) is 2. The van der Waals surface area contributed by atoms with E-state index >= 15 is 0 Å². The molecular formula is C24H36O3. The predicted octanol–water partition coefficient (Wildman–Crippen LogP) is 7.08. The summed E-state index contributed by atoms with van der Waals surface area (Å²) in [5.41, 5.74) is 5.50.